The molecule has 0 saturated carbocycles. The average Bonchev–Trinajstić information content (AvgIpc) is 3.15. The van der Waals surface area contributed by atoms with Crippen molar-refractivity contribution in [2.75, 3.05) is 4.90 Å². The number of nitrogens with one attached hydrogen (secondary N) is 1. The Morgan fingerprint density at radius 2 is 1.66 bits per heavy atom. The highest BCUT2D eigenvalue weighted by molar-refractivity contribution is 6.39. The summed E-state index contributed by atoms with van der Waals surface area (Å²) in [5.74, 6) is -2.07. The molecule has 1 aliphatic heterocycles. The van der Waals surface area contributed by atoms with Crippen LogP contribution >= 0.6 is 11.6 Å². The van der Waals surface area contributed by atoms with Crippen LogP contribution in [-0.2, 0) is 9.59 Å². The van der Waals surface area contributed by atoms with Crippen molar-refractivity contribution in [1.82, 2.24) is 9.88 Å². The number of carbonyl (C=O) groups excluding carboxylic acids is 3. The number of urea groups is 1. The molecule has 144 valence electrons. The summed E-state index contributed by atoms with van der Waals surface area (Å²) in [4.78, 5) is 38.4. The van der Waals surface area contributed by atoms with E-state index in [4.69, 9.17) is 11.6 Å². The first-order chi connectivity index (χ1) is 14.0. The van der Waals surface area contributed by atoms with Gasteiger partial charge < -0.3 is 4.57 Å². The lowest BCUT2D eigenvalue weighted by Crippen LogP contribution is -2.54. The zero-order valence-electron chi connectivity index (χ0n) is 14.8. The molecule has 1 saturated heterocycles. The van der Waals surface area contributed by atoms with Crippen molar-refractivity contribution >= 4 is 41.2 Å². The molecule has 0 atom stereocenters. The van der Waals surface area contributed by atoms with Gasteiger partial charge in [-0.3, -0.25) is 14.9 Å². The Bertz CT molecular complexity index is 1170. The number of anilines is 1. The number of carbonyl (C=O) groups is 3. The summed E-state index contributed by atoms with van der Waals surface area (Å²) in [5, 5.41) is 2.59. The van der Waals surface area contributed by atoms with Crippen LogP contribution in [-0.4, -0.2) is 22.4 Å². The highest BCUT2D eigenvalue weighted by atomic mass is 35.5. The van der Waals surface area contributed by atoms with Crippen LogP contribution in [0.5, 0.6) is 0 Å². The van der Waals surface area contributed by atoms with Gasteiger partial charge in [-0.15, -0.1) is 0 Å². The first-order valence-electron chi connectivity index (χ1n) is 8.55. The van der Waals surface area contributed by atoms with Gasteiger partial charge in [0.1, 0.15) is 11.4 Å². The summed E-state index contributed by atoms with van der Waals surface area (Å²) >= 11 is 5.86. The van der Waals surface area contributed by atoms with Crippen molar-refractivity contribution in [3.8, 4) is 5.69 Å². The van der Waals surface area contributed by atoms with Crippen molar-refractivity contribution < 1.29 is 18.8 Å². The molecule has 0 bridgehead atoms. The molecular formula is C21H13ClFN3O3. The lowest BCUT2D eigenvalue weighted by atomic mass is 10.1. The van der Waals surface area contributed by atoms with Crippen LogP contribution in [0, 0.1) is 5.82 Å². The highest BCUT2D eigenvalue weighted by Gasteiger charge is 2.37. The number of para-hydroxylation sites is 1. The third-order valence-electron chi connectivity index (χ3n) is 4.37. The molecule has 1 fully saturated rings. The fraction of sp³-hybridized carbons (Fsp3) is 0. The minimum absolute atomic E-state index is 0.254. The number of hydrogen-bond acceptors (Lipinski definition) is 3. The van der Waals surface area contributed by atoms with E-state index in [2.05, 4.69) is 5.32 Å². The Labute approximate surface area is 169 Å². The van der Waals surface area contributed by atoms with Gasteiger partial charge in [-0.1, -0.05) is 23.7 Å². The Kier molecular flexibility index (Phi) is 4.74. The number of hydrogen-bond donors (Lipinski definition) is 1. The zero-order chi connectivity index (χ0) is 20.5. The van der Waals surface area contributed by atoms with Gasteiger partial charge in [0.25, 0.3) is 11.8 Å². The highest BCUT2D eigenvalue weighted by Crippen LogP contribution is 2.24. The predicted molar refractivity (Wildman–Crippen MR) is 106 cm³/mol. The van der Waals surface area contributed by atoms with Crippen LogP contribution in [0.4, 0.5) is 14.9 Å². The maximum absolute atomic E-state index is 14.2. The summed E-state index contributed by atoms with van der Waals surface area (Å²) in [6.07, 6.45) is 2.93. The molecular weight excluding hydrogens is 397 g/mol. The molecule has 0 radical (unpaired) electrons. The van der Waals surface area contributed by atoms with Gasteiger partial charge in [-0.05, 0) is 54.6 Å². The van der Waals surface area contributed by atoms with Crippen molar-refractivity contribution in [1.29, 1.82) is 0 Å². The lowest BCUT2D eigenvalue weighted by Gasteiger charge is -2.26. The van der Waals surface area contributed by atoms with Gasteiger partial charge in [0.05, 0.1) is 11.4 Å². The second-order valence-corrected chi connectivity index (χ2v) is 6.63. The topological polar surface area (TPSA) is 71.4 Å². The minimum atomic E-state index is -0.857. The molecule has 3 aromatic rings. The van der Waals surface area contributed by atoms with Gasteiger partial charge in [-0.2, -0.15) is 0 Å². The number of nitrogens with zero attached hydrogens (tertiary/aromatic N) is 2. The summed E-state index contributed by atoms with van der Waals surface area (Å²) in [6.45, 7) is 0. The van der Waals surface area contributed by atoms with Gasteiger partial charge in [-0.25, -0.2) is 14.1 Å². The standard InChI is InChI=1S/C21H13ClFN3O3/c22-13-7-9-14(10-8-13)26-20(28)16(19(27)24-21(26)29)12-15-4-3-11-25(15)18-6-2-1-5-17(18)23/h1-12H,(H,24,27,29)/b16-12+. The molecule has 29 heavy (non-hydrogen) atoms. The molecule has 1 aromatic heterocycles. The molecule has 1 aliphatic rings. The first-order valence-corrected chi connectivity index (χ1v) is 8.93. The Morgan fingerprint density at radius 3 is 2.38 bits per heavy atom. The van der Waals surface area contributed by atoms with E-state index < -0.39 is 23.7 Å². The molecule has 2 aromatic carbocycles. The number of halogens is 2. The quantitative estimate of drug-likeness (QED) is 0.526. The maximum Gasteiger partial charge on any atom is 0.335 e. The summed E-state index contributed by atoms with van der Waals surface area (Å²) in [6, 6.07) is 14.6. The summed E-state index contributed by atoms with van der Waals surface area (Å²) in [5.41, 5.74) is 0.674. The van der Waals surface area contributed by atoms with Gasteiger partial charge in [0.15, 0.2) is 0 Å². The van der Waals surface area contributed by atoms with E-state index in [9.17, 15) is 18.8 Å². The van der Waals surface area contributed by atoms with E-state index in [1.165, 1.54) is 41.0 Å². The zero-order valence-corrected chi connectivity index (χ0v) is 15.6. The maximum atomic E-state index is 14.2. The minimum Gasteiger partial charge on any atom is -0.314 e. The SMILES string of the molecule is O=C1NC(=O)N(c2ccc(Cl)cc2)C(=O)/C1=C/c1cccn1-c1ccccc1F. The Hall–Kier alpha value is -3.71. The smallest absolute Gasteiger partial charge is 0.314 e. The summed E-state index contributed by atoms with van der Waals surface area (Å²) < 4.78 is 15.7. The van der Waals surface area contributed by atoms with Crippen LogP contribution in [0.3, 0.4) is 0 Å². The molecule has 8 heteroatoms. The molecule has 0 unspecified atom stereocenters. The Morgan fingerprint density at radius 1 is 0.931 bits per heavy atom. The number of barbiturate groups is 1. The molecule has 4 amide bonds. The Balaban J connectivity index is 1.76. The van der Waals surface area contributed by atoms with Gasteiger partial charge in [0, 0.05) is 16.9 Å². The van der Waals surface area contributed by atoms with E-state index in [1.54, 1.807) is 36.5 Å². The second kappa shape index (κ2) is 7.37. The van der Waals surface area contributed by atoms with Crippen LogP contribution < -0.4 is 10.2 Å². The van der Waals surface area contributed by atoms with Crippen molar-refractivity contribution in [3.05, 3.63) is 89.0 Å². The third kappa shape index (κ3) is 3.43. The monoisotopic (exact) mass is 409 g/mol. The van der Waals surface area contributed by atoms with Gasteiger partial charge in [0.2, 0.25) is 0 Å². The molecule has 0 spiro atoms. The molecule has 0 aliphatic carbocycles. The van der Waals surface area contributed by atoms with Crippen LogP contribution in [0.25, 0.3) is 11.8 Å². The first kappa shape index (κ1) is 18.6. The number of benzene rings is 2. The van der Waals surface area contributed by atoms with Crippen LogP contribution in [0.1, 0.15) is 5.69 Å². The number of rotatable bonds is 3. The number of amides is 4. The molecule has 2 heterocycles. The summed E-state index contributed by atoms with van der Waals surface area (Å²) in [7, 11) is 0. The fourth-order valence-electron chi connectivity index (χ4n) is 3.01. The largest absolute Gasteiger partial charge is 0.335 e. The van der Waals surface area contributed by atoms with E-state index >= 15 is 0 Å². The third-order valence-corrected chi connectivity index (χ3v) is 4.62. The van der Waals surface area contributed by atoms with Crippen molar-refractivity contribution in [2.45, 2.75) is 0 Å². The van der Waals surface area contributed by atoms with E-state index in [0.717, 1.165) is 4.90 Å². The van der Waals surface area contributed by atoms with Crippen LogP contribution in [0.15, 0.2) is 72.4 Å². The van der Waals surface area contributed by atoms with E-state index in [1.807, 2.05) is 0 Å². The fourth-order valence-corrected chi connectivity index (χ4v) is 3.13. The van der Waals surface area contributed by atoms with E-state index in [0.29, 0.717) is 10.7 Å². The average molecular weight is 410 g/mol. The molecule has 4 rings (SSSR count). The lowest BCUT2D eigenvalue weighted by molar-refractivity contribution is -0.122. The normalized spacial score (nSPS) is 15.7. The predicted octanol–water partition coefficient (Wildman–Crippen LogP) is 3.94. The van der Waals surface area contributed by atoms with Gasteiger partial charge >= 0.3 is 6.03 Å². The van der Waals surface area contributed by atoms with Crippen molar-refractivity contribution in [2.24, 2.45) is 0 Å². The van der Waals surface area contributed by atoms with Crippen LogP contribution in [0.2, 0.25) is 5.02 Å². The molecule has 1 N–H and O–H groups in total. The number of aromatic nitrogens is 1. The van der Waals surface area contributed by atoms with E-state index in [-0.39, 0.29) is 16.9 Å². The molecule has 6 nitrogen and oxygen atoms in total. The second-order valence-electron chi connectivity index (χ2n) is 6.19. The van der Waals surface area contributed by atoms with Crippen molar-refractivity contribution in [3.63, 3.8) is 0 Å². The number of imide groups is 2.